The second kappa shape index (κ2) is 6.56. The fraction of sp³-hybridized carbons (Fsp3) is 0.632. The van der Waals surface area contributed by atoms with Gasteiger partial charge < -0.3 is 15.5 Å². The van der Waals surface area contributed by atoms with E-state index in [1.54, 1.807) is 0 Å². The average Bonchev–Trinajstić information content (AvgIpc) is 3.28. The van der Waals surface area contributed by atoms with E-state index in [4.69, 9.17) is 0 Å². The van der Waals surface area contributed by atoms with Crippen LogP contribution in [0.3, 0.4) is 0 Å². The number of halogens is 2. The van der Waals surface area contributed by atoms with Gasteiger partial charge in [0.2, 0.25) is 0 Å². The second-order valence-electron chi connectivity index (χ2n) is 7.78. The molecule has 2 N–H and O–H groups in total. The molecule has 2 aliphatic carbocycles. The van der Waals surface area contributed by atoms with Crippen molar-refractivity contribution in [3.05, 3.63) is 35.4 Å². The topological polar surface area (TPSA) is 44.4 Å². The van der Waals surface area contributed by atoms with E-state index in [1.807, 2.05) is 0 Å². The van der Waals surface area contributed by atoms with E-state index in [1.165, 1.54) is 25.0 Å². The molecule has 0 bridgehead atoms. The Morgan fingerprint density at radius 1 is 1.24 bits per heavy atom. The Morgan fingerprint density at radius 2 is 2.04 bits per heavy atom. The fourth-order valence-corrected chi connectivity index (χ4v) is 4.17. The quantitative estimate of drug-likeness (QED) is 0.858. The Morgan fingerprint density at radius 3 is 2.68 bits per heavy atom. The van der Waals surface area contributed by atoms with Gasteiger partial charge in [0.25, 0.3) is 0 Å². The van der Waals surface area contributed by atoms with E-state index < -0.39 is 17.2 Å². The summed E-state index contributed by atoms with van der Waals surface area (Å²) in [5.74, 6) is -0.691. The van der Waals surface area contributed by atoms with E-state index >= 15 is 0 Å². The summed E-state index contributed by atoms with van der Waals surface area (Å²) in [6.07, 6.45) is 6.03. The predicted octanol–water partition coefficient (Wildman–Crippen LogP) is 3.13. The molecule has 4 rings (SSSR count). The molecule has 0 radical (unpaired) electrons. The molecule has 2 amide bonds. The number of nitrogens with one attached hydrogen (secondary N) is 2. The number of urea groups is 1. The van der Waals surface area contributed by atoms with Crippen LogP contribution in [-0.2, 0) is 5.54 Å². The lowest BCUT2D eigenvalue weighted by Gasteiger charge is -2.43. The number of amides is 2. The van der Waals surface area contributed by atoms with Crippen LogP contribution in [-0.4, -0.2) is 36.6 Å². The summed E-state index contributed by atoms with van der Waals surface area (Å²) >= 11 is 0. The number of hydrogen-bond acceptors (Lipinski definition) is 2. The highest BCUT2D eigenvalue weighted by atomic mass is 19.1. The summed E-state index contributed by atoms with van der Waals surface area (Å²) in [6.45, 7) is 2.84. The Hall–Kier alpha value is -1.69. The van der Waals surface area contributed by atoms with Gasteiger partial charge in [-0.3, -0.25) is 0 Å². The van der Waals surface area contributed by atoms with Gasteiger partial charge in [0.05, 0.1) is 5.54 Å². The van der Waals surface area contributed by atoms with Crippen molar-refractivity contribution in [1.82, 2.24) is 15.5 Å². The standard InChI is InChI=1S/C19H25F2N3O/c20-14-2-5-16(17(21)10-14)19(7-1-8-19)23-18(25)22-11-13-6-9-24(12-13)15-3-4-15/h2,5,10,13,15H,1,3-4,6-9,11-12H2,(H2,22,23,25). The van der Waals surface area contributed by atoms with Crippen LogP contribution >= 0.6 is 0 Å². The van der Waals surface area contributed by atoms with Crippen LogP contribution in [0.1, 0.15) is 44.1 Å². The predicted molar refractivity (Wildman–Crippen MR) is 91.1 cm³/mol. The van der Waals surface area contributed by atoms with Crippen LogP contribution in [0.2, 0.25) is 0 Å². The monoisotopic (exact) mass is 349 g/mol. The van der Waals surface area contributed by atoms with E-state index in [-0.39, 0.29) is 6.03 Å². The molecule has 6 heteroatoms. The average molecular weight is 349 g/mol. The lowest BCUT2D eigenvalue weighted by molar-refractivity contribution is 0.172. The zero-order chi connectivity index (χ0) is 17.4. The minimum Gasteiger partial charge on any atom is -0.338 e. The fourth-order valence-electron chi connectivity index (χ4n) is 4.17. The molecule has 1 unspecified atom stereocenters. The number of carbonyl (C=O) groups excluding carboxylic acids is 1. The summed E-state index contributed by atoms with van der Waals surface area (Å²) in [7, 11) is 0. The summed E-state index contributed by atoms with van der Waals surface area (Å²) in [4.78, 5) is 14.9. The van der Waals surface area contributed by atoms with Crippen LogP contribution in [0.15, 0.2) is 18.2 Å². The summed E-state index contributed by atoms with van der Waals surface area (Å²) in [6, 6.07) is 4.12. The highest BCUT2D eigenvalue weighted by Gasteiger charge is 2.42. The van der Waals surface area contributed by atoms with Crippen molar-refractivity contribution in [2.24, 2.45) is 5.92 Å². The number of carbonyl (C=O) groups is 1. The van der Waals surface area contributed by atoms with Gasteiger partial charge in [-0.15, -0.1) is 0 Å². The molecular formula is C19H25F2N3O. The smallest absolute Gasteiger partial charge is 0.315 e. The molecule has 3 fully saturated rings. The molecule has 1 atom stereocenters. The van der Waals surface area contributed by atoms with E-state index in [0.29, 0.717) is 30.9 Å². The zero-order valence-electron chi connectivity index (χ0n) is 14.4. The molecular weight excluding hydrogens is 324 g/mol. The Kier molecular flexibility index (Phi) is 4.40. The Bertz CT molecular complexity index is 658. The maximum atomic E-state index is 14.2. The van der Waals surface area contributed by atoms with Crippen molar-refractivity contribution in [1.29, 1.82) is 0 Å². The zero-order valence-corrected chi connectivity index (χ0v) is 14.4. The molecule has 1 saturated heterocycles. The first kappa shape index (κ1) is 16.8. The maximum Gasteiger partial charge on any atom is 0.315 e. The third-order valence-electron chi connectivity index (χ3n) is 5.94. The van der Waals surface area contributed by atoms with Gasteiger partial charge in [-0.1, -0.05) is 6.07 Å². The second-order valence-corrected chi connectivity index (χ2v) is 7.78. The SMILES string of the molecule is O=C(NCC1CCN(C2CC2)C1)NC1(c2ccc(F)cc2F)CCC1. The van der Waals surface area contributed by atoms with Gasteiger partial charge >= 0.3 is 6.03 Å². The molecule has 1 aromatic carbocycles. The third-order valence-corrected chi connectivity index (χ3v) is 5.94. The van der Waals surface area contributed by atoms with Crippen LogP contribution in [0.25, 0.3) is 0 Å². The molecule has 0 aromatic heterocycles. The summed E-state index contributed by atoms with van der Waals surface area (Å²) in [5, 5.41) is 5.91. The first-order valence-corrected chi connectivity index (χ1v) is 9.31. The summed E-state index contributed by atoms with van der Waals surface area (Å²) in [5.41, 5.74) is -0.312. The first-order chi connectivity index (χ1) is 12.1. The highest BCUT2D eigenvalue weighted by molar-refractivity contribution is 5.75. The van der Waals surface area contributed by atoms with E-state index in [0.717, 1.165) is 38.0 Å². The van der Waals surface area contributed by atoms with Crippen LogP contribution in [0.4, 0.5) is 13.6 Å². The number of likely N-dealkylation sites (tertiary alicyclic amines) is 1. The van der Waals surface area contributed by atoms with Gasteiger partial charge in [-0.25, -0.2) is 13.6 Å². The van der Waals surface area contributed by atoms with Crippen molar-refractivity contribution in [3.8, 4) is 0 Å². The van der Waals surface area contributed by atoms with Crippen molar-refractivity contribution >= 4 is 6.03 Å². The van der Waals surface area contributed by atoms with Crippen molar-refractivity contribution in [2.45, 2.75) is 50.1 Å². The molecule has 136 valence electrons. The molecule has 1 aliphatic heterocycles. The highest BCUT2D eigenvalue weighted by Crippen LogP contribution is 2.42. The molecule has 1 heterocycles. The minimum atomic E-state index is -0.697. The van der Waals surface area contributed by atoms with Crippen molar-refractivity contribution in [3.63, 3.8) is 0 Å². The molecule has 2 saturated carbocycles. The number of nitrogens with zero attached hydrogens (tertiary/aromatic N) is 1. The van der Waals surface area contributed by atoms with Crippen LogP contribution in [0.5, 0.6) is 0 Å². The van der Waals surface area contributed by atoms with E-state index in [2.05, 4.69) is 15.5 Å². The van der Waals surface area contributed by atoms with Gasteiger partial charge in [0.1, 0.15) is 11.6 Å². The lowest BCUT2D eigenvalue weighted by Crippen LogP contribution is -2.54. The molecule has 3 aliphatic rings. The number of benzene rings is 1. The summed E-state index contributed by atoms with van der Waals surface area (Å²) < 4.78 is 27.3. The molecule has 4 nitrogen and oxygen atoms in total. The van der Waals surface area contributed by atoms with Gasteiger partial charge in [-0.2, -0.15) is 0 Å². The Balaban J connectivity index is 1.33. The largest absolute Gasteiger partial charge is 0.338 e. The van der Waals surface area contributed by atoms with Crippen molar-refractivity contribution < 1.29 is 13.6 Å². The third kappa shape index (κ3) is 3.50. The van der Waals surface area contributed by atoms with Gasteiger partial charge in [0, 0.05) is 30.8 Å². The van der Waals surface area contributed by atoms with Gasteiger partial charge in [0.15, 0.2) is 0 Å². The lowest BCUT2D eigenvalue weighted by atomic mass is 9.71. The Labute approximate surface area is 147 Å². The maximum absolute atomic E-state index is 14.2. The minimum absolute atomic E-state index is 0.256. The number of rotatable bonds is 5. The molecule has 25 heavy (non-hydrogen) atoms. The first-order valence-electron chi connectivity index (χ1n) is 9.31. The molecule has 1 aromatic rings. The molecule has 0 spiro atoms. The van der Waals surface area contributed by atoms with Gasteiger partial charge in [-0.05, 0) is 57.1 Å². The normalized spacial score (nSPS) is 25.4. The van der Waals surface area contributed by atoms with Crippen molar-refractivity contribution in [2.75, 3.05) is 19.6 Å². The van der Waals surface area contributed by atoms with Crippen LogP contribution < -0.4 is 10.6 Å². The number of hydrogen-bond donors (Lipinski definition) is 2. The van der Waals surface area contributed by atoms with E-state index in [9.17, 15) is 13.6 Å². The van der Waals surface area contributed by atoms with Crippen LogP contribution in [0, 0.1) is 17.6 Å².